The highest BCUT2D eigenvalue weighted by Gasteiger charge is 2.17. The molecule has 2 rings (SSSR count). The minimum Gasteiger partial charge on any atom is -0.497 e. The van der Waals surface area contributed by atoms with E-state index >= 15 is 0 Å². The monoisotopic (exact) mass is 361 g/mol. The lowest BCUT2D eigenvalue weighted by molar-refractivity contribution is -0.137. The molecule has 0 aliphatic carbocycles. The van der Waals surface area contributed by atoms with Gasteiger partial charge in [0.05, 0.1) is 20.0 Å². The van der Waals surface area contributed by atoms with Crippen molar-refractivity contribution in [3.8, 4) is 5.75 Å². The standard InChI is InChI=1S/C19H20ClNO4/c1-25-17-8-4-14(5-9-17)11-18(22)21-16(12-19(23)24)10-13-2-6-15(20)7-3-13/h2-9,16H,10-12H2,1H3,(H,21,22)(H,23,24)/t16-/m0/s1. The number of carbonyl (C=O) groups excluding carboxylic acids is 1. The normalized spacial score (nSPS) is 11.6. The fraction of sp³-hybridized carbons (Fsp3) is 0.263. The van der Waals surface area contributed by atoms with Crippen LogP contribution in [0.15, 0.2) is 48.5 Å². The van der Waals surface area contributed by atoms with Gasteiger partial charge in [0.2, 0.25) is 5.91 Å². The van der Waals surface area contributed by atoms with Gasteiger partial charge in [-0.25, -0.2) is 0 Å². The van der Waals surface area contributed by atoms with E-state index < -0.39 is 12.0 Å². The molecule has 2 aromatic rings. The molecule has 0 aliphatic rings. The number of ether oxygens (including phenoxy) is 1. The zero-order valence-electron chi connectivity index (χ0n) is 13.9. The van der Waals surface area contributed by atoms with Crippen LogP contribution in [0.5, 0.6) is 5.75 Å². The first-order valence-corrected chi connectivity index (χ1v) is 8.22. The fourth-order valence-electron chi connectivity index (χ4n) is 2.50. The summed E-state index contributed by atoms with van der Waals surface area (Å²) in [6.45, 7) is 0. The number of rotatable bonds is 8. The van der Waals surface area contributed by atoms with Crippen molar-refractivity contribution in [2.45, 2.75) is 25.3 Å². The van der Waals surface area contributed by atoms with E-state index in [1.807, 2.05) is 24.3 Å². The third-order valence-corrected chi connectivity index (χ3v) is 3.96. The summed E-state index contributed by atoms with van der Waals surface area (Å²) in [4.78, 5) is 23.3. The molecule has 1 amide bonds. The number of carboxylic acid groups (broad SMARTS) is 1. The Balaban J connectivity index is 1.98. The van der Waals surface area contributed by atoms with E-state index in [0.29, 0.717) is 11.4 Å². The van der Waals surface area contributed by atoms with Gasteiger partial charge >= 0.3 is 5.97 Å². The molecular weight excluding hydrogens is 342 g/mol. The van der Waals surface area contributed by atoms with Crippen LogP contribution in [0.3, 0.4) is 0 Å². The van der Waals surface area contributed by atoms with Crippen LogP contribution in [-0.2, 0) is 22.4 Å². The molecule has 6 heteroatoms. The molecule has 25 heavy (non-hydrogen) atoms. The maximum absolute atomic E-state index is 12.2. The van der Waals surface area contributed by atoms with Crippen LogP contribution in [0.1, 0.15) is 17.5 Å². The maximum Gasteiger partial charge on any atom is 0.305 e. The summed E-state index contributed by atoms with van der Waals surface area (Å²) in [6.07, 6.45) is 0.468. The highest BCUT2D eigenvalue weighted by Crippen LogP contribution is 2.14. The Kier molecular flexibility index (Phi) is 6.83. The van der Waals surface area contributed by atoms with E-state index in [9.17, 15) is 9.59 Å². The van der Waals surface area contributed by atoms with Crippen molar-refractivity contribution in [1.29, 1.82) is 0 Å². The van der Waals surface area contributed by atoms with Gasteiger partial charge in [0.1, 0.15) is 5.75 Å². The fourth-order valence-corrected chi connectivity index (χ4v) is 2.62. The average Bonchev–Trinajstić information content (AvgIpc) is 2.57. The number of aliphatic carboxylic acids is 1. The van der Waals surface area contributed by atoms with Crippen LogP contribution in [0.4, 0.5) is 0 Å². The van der Waals surface area contributed by atoms with Gasteiger partial charge in [0.25, 0.3) is 0 Å². The highest BCUT2D eigenvalue weighted by molar-refractivity contribution is 6.30. The summed E-state index contributed by atoms with van der Waals surface area (Å²) < 4.78 is 5.08. The summed E-state index contributed by atoms with van der Waals surface area (Å²) in [7, 11) is 1.58. The molecule has 0 saturated heterocycles. The lowest BCUT2D eigenvalue weighted by Gasteiger charge is -2.17. The number of hydrogen-bond acceptors (Lipinski definition) is 3. The van der Waals surface area contributed by atoms with Crippen molar-refractivity contribution in [1.82, 2.24) is 5.32 Å². The molecule has 0 heterocycles. The van der Waals surface area contributed by atoms with Crippen LogP contribution >= 0.6 is 11.6 Å². The molecule has 1 atom stereocenters. The van der Waals surface area contributed by atoms with Crippen LogP contribution in [0, 0.1) is 0 Å². The third kappa shape index (κ3) is 6.47. The first-order valence-electron chi connectivity index (χ1n) is 7.85. The summed E-state index contributed by atoms with van der Waals surface area (Å²) >= 11 is 5.86. The van der Waals surface area contributed by atoms with Gasteiger partial charge in [0.15, 0.2) is 0 Å². The molecule has 0 aliphatic heterocycles. The molecule has 2 aromatic carbocycles. The summed E-state index contributed by atoms with van der Waals surface area (Å²) in [6, 6.07) is 13.8. The Morgan fingerprint density at radius 1 is 1.08 bits per heavy atom. The van der Waals surface area contributed by atoms with Crippen LogP contribution in [0.2, 0.25) is 5.02 Å². The molecule has 0 fully saturated rings. The number of hydrogen-bond donors (Lipinski definition) is 2. The SMILES string of the molecule is COc1ccc(CC(=O)N[C@H](CC(=O)O)Cc2ccc(Cl)cc2)cc1. The second-order valence-electron chi connectivity index (χ2n) is 5.72. The van der Waals surface area contributed by atoms with Crippen molar-refractivity contribution in [2.24, 2.45) is 0 Å². The number of carboxylic acids is 1. The van der Waals surface area contributed by atoms with Gasteiger partial charge in [-0.2, -0.15) is 0 Å². The minimum atomic E-state index is -0.955. The van der Waals surface area contributed by atoms with Gasteiger partial charge in [-0.1, -0.05) is 35.9 Å². The predicted octanol–water partition coefficient (Wildman–Crippen LogP) is 3.09. The molecule has 5 nitrogen and oxygen atoms in total. The average molecular weight is 362 g/mol. The maximum atomic E-state index is 12.2. The van der Waals surface area contributed by atoms with E-state index in [0.717, 1.165) is 16.9 Å². The van der Waals surface area contributed by atoms with Gasteiger partial charge in [0, 0.05) is 11.1 Å². The Morgan fingerprint density at radius 2 is 1.68 bits per heavy atom. The lowest BCUT2D eigenvalue weighted by atomic mass is 10.0. The molecule has 0 unspecified atom stereocenters. The second-order valence-corrected chi connectivity index (χ2v) is 6.15. The molecule has 0 radical (unpaired) electrons. The molecule has 132 valence electrons. The largest absolute Gasteiger partial charge is 0.497 e. The number of amides is 1. The second kappa shape index (κ2) is 9.08. The quantitative estimate of drug-likeness (QED) is 0.757. The first kappa shape index (κ1) is 18.8. The van der Waals surface area contributed by atoms with E-state index in [-0.39, 0.29) is 18.7 Å². The van der Waals surface area contributed by atoms with Gasteiger partial charge in [-0.15, -0.1) is 0 Å². The first-order chi connectivity index (χ1) is 12.0. The van der Waals surface area contributed by atoms with E-state index in [2.05, 4.69) is 5.32 Å². The van der Waals surface area contributed by atoms with Gasteiger partial charge in [-0.05, 0) is 41.8 Å². The Morgan fingerprint density at radius 3 is 2.24 bits per heavy atom. The van der Waals surface area contributed by atoms with Crippen molar-refractivity contribution < 1.29 is 19.4 Å². The minimum absolute atomic E-state index is 0.142. The number of nitrogens with one attached hydrogen (secondary N) is 1. The molecular formula is C19H20ClNO4. The number of benzene rings is 2. The Hall–Kier alpha value is -2.53. The van der Waals surface area contributed by atoms with E-state index in [1.165, 1.54) is 0 Å². The van der Waals surface area contributed by atoms with Crippen LogP contribution in [0.25, 0.3) is 0 Å². The highest BCUT2D eigenvalue weighted by atomic mass is 35.5. The van der Waals surface area contributed by atoms with Crippen molar-refractivity contribution in [3.63, 3.8) is 0 Å². The molecule has 2 N–H and O–H groups in total. The topological polar surface area (TPSA) is 75.6 Å². The van der Waals surface area contributed by atoms with Crippen LogP contribution < -0.4 is 10.1 Å². The number of methoxy groups -OCH3 is 1. The Labute approximate surface area is 151 Å². The lowest BCUT2D eigenvalue weighted by Crippen LogP contribution is -2.38. The number of carbonyl (C=O) groups is 2. The smallest absolute Gasteiger partial charge is 0.305 e. The van der Waals surface area contributed by atoms with Crippen molar-refractivity contribution in [3.05, 3.63) is 64.7 Å². The van der Waals surface area contributed by atoms with Gasteiger partial charge in [-0.3, -0.25) is 9.59 Å². The third-order valence-electron chi connectivity index (χ3n) is 3.71. The van der Waals surface area contributed by atoms with Crippen molar-refractivity contribution >= 4 is 23.5 Å². The summed E-state index contributed by atoms with van der Waals surface area (Å²) in [5.41, 5.74) is 1.75. The zero-order valence-corrected chi connectivity index (χ0v) is 14.6. The van der Waals surface area contributed by atoms with E-state index in [4.69, 9.17) is 21.4 Å². The van der Waals surface area contributed by atoms with Crippen molar-refractivity contribution in [2.75, 3.05) is 7.11 Å². The molecule has 0 aromatic heterocycles. The summed E-state index contributed by atoms with van der Waals surface area (Å²) in [5.74, 6) is -0.454. The van der Waals surface area contributed by atoms with E-state index in [1.54, 1.807) is 31.4 Å². The molecule has 0 spiro atoms. The Bertz CT molecular complexity index is 713. The number of halogens is 1. The zero-order chi connectivity index (χ0) is 18.2. The van der Waals surface area contributed by atoms with Gasteiger partial charge < -0.3 is 15.2 Å². The molecule has 0 bridgehead atoms. The van der Waals surface area contributed by atoms with Crippen LogP contribution in [-0.4, -0.2) is 30.1 Å². The molecule has 0 saturated carbocycles. The predicted molar refractivity (Wildman–Crippen MR) is 96.0 cm³/mol. The summed E-state index contributed by atoms with van der Waals surface area (Å²) in [5, 5.41) is 12.5.